The van der Waals surface area contributed by atoms with Crippen LogP contribution in [0.5, 0.6) is 0 Å². The van der Waals surface area contributed by atoms with Crippen LogP contribution in [0.3, 0.4) is 0 Å². The van der Waals surface area contributed by atoms with Crippen molar-refractivity contribution in [2.24, 2.45) is 0 Å². The lowest BCUT2D eigenvalue weighted by Gasteiger charge is -2.09. The van der Waals surface area contributed by atoms with Crippen molar-refractivity contribution in [2.45, 2.75) is 32.6 Å². The number of thiophene rings is 1. The van der Waals surface area contributed by atoms with E-state index in [1.54, 1.807) is 11.3 Å². The number of carbonyl (C=O) groups is 1. The topological polar surface area (TPSA) is 52.9 Å². The number of thioether (sulfide) groups is 1. The zero-order chi connectivity index (χ0) is 12.3. The van der Waals surface area contributed by atoms with Crippen LogP contribution < -0.4 is 5.32 Å². The highest BCUT2D eigenvalue weighted by molar-refractivity contribution is 8.13. The quantitative estimate of drug-likeness (QED) is 0.886. The Balaban J connectivity index is 2.25. The van der Waals surface area contributed by atoms with Gasteiger partial charge in [0, 0.05) is 4.88 Å². The Hall–Kier alpha value is -0.990. The summed E-state index contributed by atoms with van der Waals surface area (Å²) < 4.78 is 0. The third-order valence-electron chi connectivity index (χ3n) is 2.77. The summed E-state index contributed by atoms with van der Waals surface area (Å²) >= 11 is 2.81. The molecule has 1 aromatic rings. The number of carbonyl (C=O) groups excluding carboxylic acids is 1. The Bertz CT molecular complexity index is 474. The summed E-state index contributed by atoms with van der Waals surface area (Å²) in [4.78, 5) is 12.8. The molecule has 1 aromatic heterocycles. The summed E-state index contributed by atoms with van der Waals surface area (Å²) in [6.07, 6.45) is 4.36. The first kappa shape index (κ1) is 12.5. The van der Waals surface area contributed by atoms with Crippen molar-refractivity contribution in [2.75, 3.05) is 11.1 Å². The SMILES string of the molecule is CCSC(=O)Nc1sc2c(c1C#N)CCCC2. The fourth-order valence-corrected chi connectivity index (χ4v) is 3.77. The molecule has 1 amide bonds. The van der Waals surface area contributed by atoms with Gasteiger partial charge in [-0.2, -0.15) is 5.26 Å². The molecular weight excluding hydrogens is 252 g/mol. The Kier molecular flexibility index (Phi) is 4.08. The Morgan fingerprint density at radius 2 is 2.29 bits per heavy atom. The highest BCUT2D eigenvalue weighted by Crippen LogP contribution is 2.37. The van der Waals surface area contributed by atoms with E-state index in [2.05, 4.69) is 11.4 Å². The van der Waals surface area contributed by atoms with E-state index in [1.165, 1.54) is 28.6 Å². The van der Waals surface area contributed by atoms with Gasteiger partial charge in [0.2, 0.25) is 0 Å². The van der Waals surface area contributed by atoms with E-state index >= 15 is 0 Å². The zero-order valence-electron chi connectivity index (χ0n) is 9.71. The third kappa shape index (κ3) is 2.64. The number of nitriles is 1. The van der Waals surface area contributed by atoms with Crippen LogP contribution in [0, 0.1) is 11.3 Å². The predicted molar refractivity (Wildman–Crippen MR) is 72.8 cm³/mol. The van der Waals surface area contributed by atoms with Gasteiger partial charge in [-0.05, 0) is 37.0 Å². The fraction of sp³-hybridized carbons (Fsp3) is 0.500. The van der Waals surface area contributed by atoms with E-state index in [9.17, 15) is 10.1 Å². The number of amides is 1. The molecule has 0 spiro atoms. The fourth-order valence-electron chi connectivity index (χ4n) is 2.03. The minimum absolute atomic E-state index is 0.0670. The van der Waals surface area contributed by atoms with Gasteiger partial charge in [-0.15, -0.1) is 11.3 Å². The Morgan fingerprint density at radius 1 is 1.53 bits per heavy atom. The lowest BCUT2D eigenvalue weighted by Crippen LogP contribution is -2.05. The summed E-state index contributed by atoms with van der Waals surface area (Å²) in [5.41, 5.74) is 1.86. The lowest BCUT2D eigenvalue weighted by atomic mass is 9.96. The average molecular weight is 266 g/mol. The van der Waals surface area contributed by atoms with Gasteiger partial charge in [-0.3, -0.25) is 4.79 Å². The molecule has 0 aliphatic heterocycles. The van der Waals surface area contributed by atoms with Gasteiger partial charge in [-0.25, -0.2) is 0 Å². The van der Waals surface area contributed by atoms with Crippen molar-refractivity contribution in [3.05, 3.63) is 16.0 Å². The highest BCUT2D eigenvalue weighted by atomic mass is 32.2. The second kappa shape index (κ2) is 5.56. The van der Waals surface area contributed by atoms with Gasteiger partial charge < -0.3 is 5.32 Å². The first-order valence-electron chi connectivity index (χ1n) is 5.74. The molecule has 0 saturated heterocycles. The van der Waals surface area contributed by atoms with Crippen molar-refractivity contribution >= 4 is 33.3 Å². The van der Waals surface area contributed by atoms with E-state index in [1.807, 2.05) is 6.92 Å². The van der Waals surface area contributed by atoms with Crippen molar-refractivity contribution in [3.8, 4) is 6.07 Å². The molecule has 0 aromatic carbocycles. The van der Waals surface area contributed by atoms with Crippen molar-refractivity contribution in [1.82, 2.24) is 0 Å². The molecule has 17 heavy (non-hydrogen) atoms. The molecule has 0 bridgehead atoms. The van der Waals surface area contributed by atoms with Gasteiger partial charge in [0.1, 0.15) is 11.1 Å². The number of hydrogen-bond donors (Lipinski definition) is 1. The standard InChI is InChI=1S/C12H14N2OS2/c1-2-16-12(15)14-11-9(7-13)8-5-3-4-6-10(8)17-11/h2-6H2,1H3,(H,14,15). The van der Waals surface area contributed by atoms with Crippen molar-refractivity contribution in [3.63, 3.8) is 0 Å². The predicted octanol–water partition coefficient (Wildman–Crippen LogP) is 3.78. The molecular formula is C12H14N2OS2. The van der Waals surface area contributed by atoms with E-state index < -0.39 is 0 Å². The Morgan fingerprint density at radius 3 is 3.00 bits per heavy atom. The van der Waals surface area contributed by atoms with Crippen LogP contribution in [0.1, 0.15) is 35.8 Å². The molecule has 5 heteroatoms. The highest BCUT2D eigenvalue weighted by Gasteiger charge is 2.21. The number of nitrogens with one attached hydrogen (secondary N) is 1. The summed E-state index contributed by atoms with van der Waals surface area (Å²) in [6.45, 7) is 1.94. The van der Waals surface area contributed by atoms with Crippen LogP contribution in [0.4, 0.5) is 9.80 Å². The molecule has 0 unspecified atom stereocenters. The summed E-state index contributed by atoms with van der Waals surface area (Å²) in [7, 11) is 0. The second-order valence-electron chi connectivity index (χ2n) is 3.87. The van der Waals surface area contributed by atoms with Gasteiger partial charge in [0.15, 0.2) is 0 Å². The first-order chi connectivity index (χ1) is 8.26. The largest absolute Gasteiger partial charge is 0.307 e. The van der Waals surface area contributed by atoms with Crippen LogP contribution in [0.25, 0.3) is 0 Å². The zero-order valence-corrected chi connectivity index (χ0v) is 11.3. The maximum absolute atomic E-state index is 11.5. The van der Waals surface area contributed by atoms with Crippen LogP contribution in [0.2, 0.25) is 0 Å². The molecule has 1 aliphatic carbocycles. The molecule has 90 valence electrons. The van der Waals surface area contributed by atoms with Crippen molar-refractivity contribution in [1.29, 1.82) is 5.26 Å². The summed E-state index contributed by atoms with van der Waals surface area (Å²) in [5, 5.41) is 12.7. The van der Waals surface area contributed by atoms with Crippen LogP contribution in [-0.2, 0) is 12.8 Å². The van der Waals surface area contributed by atoms with Crippen LogP contribution >= 0.6 is 23.1 Å². The molecule has 2 rings (SSSR count). The first-order valence-corrected chi connectivity index (χ1v) is 7.55. The van der Waals surface area contributed by atoms with Gasteiger partial charge >= 0.3 is 0 Å². The lowest BCUT2D eigenvalue weighted by molar-refractivity contribution is 0.270. The number of fused-ring (bicyclic) bond motifs is 1. The van der Waals surface area contributed by atoms with Crippen LogP contribution in [0.15, 0.2) is 0 Å². The van der Waals surface area contributed by atoms with Gasteiger partial charge in [0.25, 0.3) is 5.24 Å². The monoisotopic (exact) mass is 266 g/mol. The smallest absolute Gasteiger partial charge is 0.284 e. The minimum Gasteiger partial charge on any atom is -0.307 e. The van der Waals surface area contributed by atoms with Gasteiger partial charge in [0.05, 0.1) is 5.56 Å². The number of hydrogen-bond acceptors (Lipinski definition) is 4. The average Bonchev–Trinajstić information content (AvgIpc) is 2.66. The molecule has 3 nitrogen and oxygen atoms in total. The maximum atomic E-state index is 11.5. The molecule has 1 heterocycles. The van der Waals surface area contributed by atoms with Crippen molar-refractivity contribution < 1.29 is 4.79 Å². The summed E-state index contributed by atoms with van der Waals surface area (Å²) in [5.74, 6) is 0.749. The number of rotatable bonds is 2. The number of nitrogens with zero attached hydrogens (tertiary/aromatic N) is 1. The maximum Gasteiger partial charge on any atom is 0.284 e. The molecule has 1 aliphatic rings. The molecule has 0 fully saturated rings. The molecule has 0 atom stereocenters. The third-order valence-corrected chi connectivity index (χ3v) is 4.63. The number of aryl methyl sites for hydroxylation is 1. The minimum atomic E-state index is -0.0670. The van der Waals surface area contributed by atoms with E-state index in [4.69, 9.17) is 0 Å². The number of anilines is 1. The van der Waals surface area contributed by atoms with Crippen LogP contribution in [-0.4, -0.2) is 11.0 Å². The summed E-state index contributed by atoms with van der Waals surface area (Å²) in [6, 6.07) is 2.24. The van der Waals surface area contributed by atoms with E-state index in [-0.39, 0.29) is 5.24 Å². The normalized spacial score (nSPS) is 13.9. The molecule has 0 radical (unpaired) electrons. The molecule has 1 N–H and O–H groups in total. The Labute approximate surface area is 109 Å². The second-order valence-corrected chi connectivity index (χ2v) is 6.21. The van der Waals surface area contributed by atoms with Gasteiger partial charge in [-0.1, -0.05) is 18.7 Å². The van der Waals surface area contributed by atoms with E-state index in [0.29, 0.717) is 5.56 Å². The molecule has 0 saturated carbocycles. The van der Waals surface area contributed by atoms with E-state index in [0.717, 1.165) is 30.0 Å².